The minimum atomic E-state index is 0.0878. The Morgan fingerprint density at radius 1 is 1.29 bits per heavy atom. The molecule has 0 fully saturated rings. The lowest BCUT2D eigenvalue weighted by atomic mass is 9.84. The van der Waals surface area contributed by atoms with Crippen LogP contribution in [0.25, 0.3) is 0 Å². The molecule has 0 aromatic heterocycles. The van der Waals surface area contributed by atoms with Gasteiger partial charge < -0.3 is 16.8 Å². The minimum Gasteiger partial charge on any atom is -0.329 e. The van der Waals surface area contributed by atoms with E-state index in [1.54, 1.807) is 0 Å². The topological polar surface area (TPSA) is 64.1 Å². The van der Waals surface area contributed by atoms with E-state index in [1.165, 1.54) is 6.42 Å². The second-order valence-corrected chi connectivity index (χ2v) is 5.39. The quantitative estimate of drug-likeness (QED) is 0.574. The first-order valence-corrected chi connectivity index (χ1v) is 5.54. The molecule has 0 bridgehead atoms. The van der Waals surface area contributed by atoms with Gasteiger partial charge in [-0.2, -0.15) is 0 Å². The minimum absolute atomic E-state index is 0.0878. The predicted molar refractivity (Wildman–Crippen MR) is 63.1 cm³/mol. The molecule has 0 aliphatic heterocycles. The first-order chi connectivity index (χ1) is 6.37. The van der Waals surface area contributed by atoms with Gasteiger partial charge in [-0.25, -0.2) is 0 Å². The van der Waals surface area contributed by atoms with Gasteiger partial charge in [0.1, 0.15) is 0 Å². The average molecular weight is 201 g/mol. The third-order valence-corrected chi connectivity index (χ3v) is 2.27. The van der Waals surface area contributed by atoms with Gasteiger partial charge in [-0.15, -0.1) is 0 Å². The summed E-state index contributed by atoms with van der Waals surface area (Å²) in [5, 5.41) is 3.38. The zero-order valence-corrected chi connectivity index (χ0v) is 10.1. The maximum atomic E-state index is 5.72. The van der Waals surface area contributed by atoms with Crippen molar-refractivity contribution >= 4 is 0 Å². The second-order valence-electron chi connectivity index (χ2n) is 5.39. The van der Waals surface area contributed by atoms with Crippen LogP contribution >= 0.6 is 0 Å². The van der Waals surface area contributed by atoms with Crippen molar-refractivity contribution in [3.8, 4) is 0 Å². The predicted octanol–water partition coefficient (Wildman–Crippen LogP) is 0.934. The van der Waals surface area contributed by atoms with Gasteiger partial charge in [0.05, 0.1) is 0 Å². The molecule has 86 valence electrons. The summed E-state index contributed by atoms with van der Waals surface area (Å²) in [6, 6.07) is 0.0878. The van der Waals surface area contributed by atoms with Gasteiger partial charge in [0.15, 0.2) is 0 Å². The van der Waals surface area contributed by atoms with Crippen molar-refractivity contribution in [2.24, 2.45) is 22.8 Å². The lowest BCUT2D eigenvalue weighted by Crippen LogP contribution is -2.42. The zero-order valence-electron chi connectivity index (χ0n) is 10.1. The monoisotopic (exact) mass is 201 g/mol. The SMILES string of the molecule is CC(C)CC(C)(C)CNCC(N)CN. The largest absolute Gasteiger partial charge is 0.329 e. The molecule has 0 aliphatic rings. The maximum Gasteiger partial charge on any atom is 0.0290 e. The molecule has 0 aromatic carbocycles. The van der Waals surface area contributed by atoms with E-state index in [2.05, 4.69) is 33.0 Å². The van der Waals surface area contributed by atoms with Crippen LogP contribution in [0.15, 0.2) is 0 Å². The van der Waals surface area contributed by atoms with Crippen molar-refractivity contribution in [1.29, 1.82) is 0 Å². The summed E-state index contributed by atoms with van der Waals surface area (Å²) in [5.41, 5.74) is 11.5. The number of hydrogen-bond acceptors (Lipinski definition) is 3. The third-order valence-electron chi connectivity index (χ3n) is 2.27. The van der Waals surface area contributed by atoms with Gasteiger partial charge in [-0.05, 0) is 17.8 Å². The van der Waals surface area contributed by atoms with Crippen LogP contribution in [0.2, 0.25) is 0 Å². The lowest BCUT2D eigenvalue weighted by Gasteiger charge is -2.27. The van der Waals surface area contributed by atoms with E-state index in [4.69, 9.17) is 11.5 Å². The number of nitrogens with two attached hydrogens (primary N) is 2. The molecule has 0 saturated carbocycles. The summed E-state index contributed by atoms with van der Waals surface area (Å²) in [6.07, 6.45) is 1.23. The Bertz CT molecular complexity index is 143. The highest BCUT2D eigenvalue weighted by atomic mass is 14.9. The normalized spacial score (nSPS) is 14.8. The summed E-state index contributed by atoms with van der Waals surface area (Å²) in [6.45, 7) is 11.5. The molecule has 1 atom stereocenters. The fourth-order valence-electron chi connectivity index (χ4n) is 1.86. The van der Waals surface area contributed by atoms with E-state index in [9.17, 15) is 0 Å². The van der Waals surface area contributed by atoms with E-state index in [-0.39, 0.29) is 6.04 Å². The van der Waals surface area contributed by atoms with Gasteiger partial charge in [0, 0.05) is 25.7 Å². The van der Waals surface area contributed by atoms with Crippen molar-refractivity contribution in [2.75, 3.05) is 19.6 Å². The van der Waals surface area contributed by atoms with Crippen LogP contribution in [0.3, 0.4) is 0 Å². The van der Waals surface area contributed by atoms with Gasteiger partial charge in [-0.3, -0.25) is 0 Å². The number of rotatable bonds is 7. The molecule has 0 amide bonds. The van der Waals surface area contributed by atoms with Crippen LogP contribution in [0.5, 0.6) is 0 Å². The third kappa shape index (κ3) is 7.30. The molecular formula is C11H27N3. The second kappa shape index (κ2) is 6.38. The highest BCUT2D eigenvalue weighted by Gasteiger charge is 2.18. The summed E-state index contributed by atoms with van der Waals surface area (Å²) >= 11 is 0. The fraction of sp³-hybridized carbons (Fsp3) is 1.00. The van der Waals surface area contributed by atoms with Crippen LogP contribution in [-0.4, -0.2) is 25.7 Å². The van der Waals surface area contributed by atoms with Crippen LogP contribution in [-0.2, 0) is 0 Å². The van der Waals surface area contributed by atoms with Gasteiger partial charge in [-0.1, -0.05) is 27.7 Å². The van der Waals surface area contributed by atoms with Crippen LogP contribution in [0, 0.1) is 11.3 Å². The highest BCUT2D eigenvalue weighted by molar-refractivity contribution is 4.75. The highest BCUT2D eigenvalue weighted by Crippen LogP contribution is 2.23. The van der Waals surface area contributed by atoms with Gasteiger partial charge in [0.25, 0.3) is 0 Å². The molecule has 0 saturated heterocycles. The molecule has 0 heterocycles. The Morgan fingerprint density at radius 3 is 2.29 bits per heavy atom. The van der Waals surface area contributed by atoms with Gasteiger partial charge >= 0.3 is 0 Å². The van der Waals surface area contributed by atoms with Crippen molar-refractivity contribution in [1.82, 2.24) is 5.32 Å². The zero-order chi connectivity index (χ0) is 11.2. The molecule has 1 unspecified atom stereocenters. The van der Waals surface area contributed by atoms with Crippen LogP contribution in [0.1, 0.15) is 34.1 Å². The Morgan fingerprint density at radius 2 is 1.86 bits per heavy atom. The van der Waals surface area contributed by atoms with Crippen molar-refractivity contribution in [3.63, 3.8) is 0 Å². The van der Waals surface area contributed by atoms with Crippen LogP contribution in [0.4, 0.5) is 0 Å². The Labute approximate surface area is 88.6 Å². The molecule has 5 N–H and O–H groups in total. The number of nitrogens with one attached hydrogen (secondary N) is 1. The smallest absolute Gasteiger partial charge is 0.0290 e. The first kappa shape index (κ1) is 13.9. The lowest BCUT2D eigenvalue weighted by molar-refractivity contribution is 0.272. The molecule has 0 radical (unpaired) electrons. The fourth-order valence-corrected chi connectivity index (χ4v) is 1.86. The van der Waals surface area contributed by atoms with Crippen molar-refractivity contribution in [3.05, 3.63) is 0 Å². The standard InChI is InChI=1S/C11H27N3/c1-9(2)5-11(3,4)8-14-7-10(13)6-12/h9-10,14H,5-8,12-13H2,1-4H3. The Hall–Kier alpha value is -0.120. The summed E-state index contributed by atoms with van der Waals surface area (Å²) < 4.78 is 0. The Balaban J connectivity index is 3.65. The Kier molecular flexibility index (Phi) is 6.33. The van der Waals surface area contributed by atoms with Crippen molar-refractivity contribution < 1.29 is 0 Å². The van der Waals surface area contributed by atoms with Crippen LogP contribution < -0.4 is 16.8 Å². The molecule has 0 aliphatic carbocycles. The maximum absolute atomic E-state index is 5.72. The molecule has 3 heteroatoms. The van der Waals surface area contributed by atoms with E-state index in [0.29, 0.717) is 12.0 Å². The number of hydrogen-bond donors (Lipinski definition) is 3. The molecular weight excluding hydrogens is 174 g/mol. The molecule has 0 spiro atoms. The molecule has 0 rings (SSSR count). The summed E-state index contributed by atoms with van der Waals surface area (Å²) in [5.74, 6) is 0.745. The van der Waals surface area contributed by atoms with Crippen molar-refractivity contribution in [2.45, 2.75) is 40.2 Å². The van der Waals surface area contributed by atoms with E-state index < -0.39 is 0 Å². The van der Waals surface area contributed by atoms with E-state index in [1.807, 2.05) is 0 Å². The van der Waals surface area contributed by atoms with Gasteiger partial charge in [0.2, 0.25) is 0 Å². The average Bonchev–Trinajstić information content (AvgIpc) is 2.01. The summed E-state index contributed by atoms with van der Waals surface area (Å²) in [4.78, 5) is 0. The van der Waals surface area contributed by atoms with E-state index >= 15 is 0 Å². The summed E-state index contributed by atoms with van der Waals surface area (Å²) in [7, 11) is 0. The molecule has 14 heavy (non-hydrogen) atoms. The molecule has 3 nitrogen and oxygen atoms in total. The van der Waals surface area contributed by atoms with E-state index in [0.717, 1.165) is 19.0 Å². The molecule has 0 aromatic rings. The first-order valence-electron chi connectivity index (χ1n) is 5.54.